The van der Waals surface area contributed by atoms with Crippen LogP contribution in [0, 0.1) is 0 Å². The molecule has 5 heteroatoms. The molecule has 1 amide bonds. The van der Waals surface area contributed by atoms with Gasteiger partial charge in [0, 0.05) is 16.7 Å². The van der Waals surface area contributed by atoms with E-state index in [-0.39, 0.29) is 18.0 Å². The SMILES string of the molecule is COc1ccc2ccccc2c1-c1c(OC)ccc2cc(C3=N[C@@H]4CCCC[C@H]4NC3=O)ccc12. The number of carbonyl (C=O) groups excluding carboxylic acids is 1. The standard InChI is InChI=1S/C30H28N2O3/c1-34-25-15-12-18-7-3-4-8-21(18)27(25)28-22-14-11-20(17-19(22)13-16-26(28)35-2)29-30(33)32-24-10-6-5-9-23(24)31-29/h3-4,7-8,11-17,23-24H,5-6,9-10H2,1-2H3,(H,32,33)/t23-,24-/m1/s1. The largest absolute Gasteiger partial charge is 0.496 e. The van der Waals surface area contributed by atoms with Crippen molar-refractivity contribution < 1.29 is 14.3 Å². The van der Waals surface area contributed by atoms with E-state index in [0.29, 0.717) is 5.71 Å². The number of ether oxygens (including phenoxy) is 2. The summed E-state index contributed by atoms with van der Waals surface area (Å²) in [7, 11) is 3.39. The summed E-state index contributed by atoms with van der Waals surface area (Å²) in [5.74, 6) is 1.49. The van der Waals surface area contributed by atoms with Gasteiger partial charge in [-0.1, -0.05) is 61.4 Å². The predicted molar refractivity (Wildman–Crippen MR) is 141 cm³/mol. The van der Waals surface area contributed by atoms with E-state index in [2.05, 4.69) is 35.6 Å². The molecular weight excluding hydrogens is 436 g/mol. The van der Waals surface area contributed by atoms with Crippen molar-refractivity contribution in [1.82, 2.24) is 5.32 Å². The van der Waals surface area contributed by atoms with Gasteiger partial charge in [0.15, 0.2) is 0 Å². The molecule has 1 aliphatic carbocycles. The number of methoxy groups -OCH3 is 2. The van der Waals surface area contributed by atoms with E-state index in [4.69, 9.17) is 14.5 Å². The number of hydrogen-bond acceptors (Lipinski definition) is 4. The number of fused-ring (bicyclic) bond motifs is 3. The van der Waals surface area contributed by atoms with Crippen LogP contribution in [0.3, 0.4) is 0 Å². The molecule has 0 unspecified atom stereocenters. The van der Waals surface area contributed by atoms with Crippen LogP contribution in [0.1, 0.15) is 31.2 Å². The lowest BCUT2D eigenvalue weighted by atomic mass is 9.88. The lowest BCUT2D eigenvalue weighted by Gasteiger charge is -2.33. The molecule has 6 rings (SSSR count). The third kappa shape index (κ3) is 3.63. The minimum absolute atomic E-state index is 0.0723. The summed E-state index contributed by atoms with van der Waals surface area (Å²) < 4.78 is 11.6. The Morgan fingerprint density at radius 3 is 2.26 bits per heavy atom. The topological polar surface area (TPSA) is 59.9 Å². The fourth-order valence-electron chi connectivity index (χ4n) is 5.67. The zero-order valence-electron chi connectivity index (χ0n) is 20.0. The molecule has 1 saturated carbocycles. The second-order valence-corrected chi connectivity index (χ2v) is 9.35. The first kappa shape index (κ1) is 21.7. The van der Waals surface area contributed by atoms with Crippen LogP contribution in [0.15, 0.2) is 71.7 Å². The maximum atomic E-state index is 12.9. The number of hydrogen-bond donors (Lipinski definition) is 1. The Morgan fingerprint density at radius 2 is 1.49 bits per heavy atom. The fourth-order valence-corrected chi connectivity index (χ4v) is 5.67. The van der Waals surface area contributed by atoms with Crippen molar-refractivity contribution >= 4 is 33.2 Å². The van der Waals surface area contributed by atoms with Crippen molar-refractivity contribution in [2.45, 2.75) is 37.8 Å². The summed E-state index contributed by atoms with van der Waals surface area (Å²) >= 11 is 0. The second kappa shape index (κ2) is 8.73. The van der Waals surface area contributed by atoms with Crippen molar-refractivity contribution in [3.05, 3.63) is 72.3 Å². The van der Waals surface area contributed by atoms with E-state index in [9.17, 15) is 4.79 Å². The van der Waals surface area contributed by atoms with Crippen molar-refractivity contribution in [3.63, 3.8) is 0 Å². The zero-order valence-corrected chi connectivity index (χ0v) is 20.0. The van der Waals surface area contributed by atoms with Gasteiger partial charge in [-0.25, -0.2) is 0 Å². The summed E-state index contributed by atoms with van der Waals surface area (Å²) in [4.78, 5) is 17.8. The Kier molecular flexibility index (Phi) is 5.40. The van der Waals surface area contributed by atoms with Crippen LogP contribution in [0.4, 0.5) is 0 Å². The highest BCUT2D eigenvalue weighted by atomic mass is 16.5. The minimum atomic E-state index is -0.0723. The quantitative estimate of drug-likeness (QED) is 0.409. The molecule has 0 saturated heterocycles. The Hall–Kier alpha value is -3.86. The van der Waals surface area contributed by atoms with E-state index < -0.39 is 0 Å². The molecule has 2 atom stereocenters. The molecule has 0 spiro atoms. The van der Waals surface area contributed by atoms with Gasteiger partial charge < -0.3 is 14.8 Å². The van der Waals surface area contributed by atoms with Crippen molar-refractivity contribution in [2.75, 3.05) is 14.2 Å². The number of nitrogens with one attached hydrogen (secondary N) is 1. The molecule has 4 aromatic rings. The van der Waals surface area contributed by atoms with E-state index in [0.717, 1.165) is 69.0 Å². The van der Waals surface area contributed by atoms with E-state index in [1.165, 1.54) is 6.42 Å². The first-order valence-corrected chi connectivity index (χ1v) is 12.2. The first-order chi connectivity index (χ1) is 17.2. The lowest BCUT2D eigenvalue weighted by Crippen LogP contribution is -2.51. The Balaban J connectivity index is 1.55. The maximum absolute atomic E-state index is 12.9. The molecule has 1 heterocycles. The van der Waals surface area contributed by atoms with Gasteiger partial charge >= 0.3 is 0 Å². The summed E-state index contributed by atoms with van der Waals surface area (Å²) in [5.41, 5.74) is 3.36. The Morgan fingerprint density at radius 1 is 0.800 bits per heavy atom. The molecule has 176 valence electrons. The van der Waals surface area contributed by atoms with Gasteiger partial charge in [0.1, 0.15) is 17.2 Å². The van der Waals surface area contributed by atoms with Gasteiger partial charge in [-0.3, -0.25) is 9.79 Å². The molecule has 35 heavy (non-hydrogen) atoms. The van der Waals surface area contributed by atoms with Crippen LogP contribution in [-0.4, -0.2) is 37.9 Å². The molecule has 2 aliphatic rings. The summed E-state index contributed by atoms with van der Waals surface area (Å²) in [6, 6.07) is 22.9. The minimum Gasteiger partial charge on any atom is -0.496 e. The number of benzene rings is 4. The molecule has 1 aliphatic heterocycles. The maximum Gasteiger partial charge on any atom is 0.270 e. The average molecular weight is 465 g/mol. The molecule has 5 nitrogen and oxygen atoms in total. The summed E-state index contributed by atoms with van der Waals surface area (Å²) in [6.45, 7) is 0. The van der Waals surface area contributed by atoms with Gasteiger partial charge in [-0.2, -0.15) is 0 Å². The first-order valence-electron chi connectivity index (χ1n) is 12.2. The van der Waals surface area contributed by atoms with Crippen LogP contribution in [0.2, 0.25) is 0 Å². The van der Waals surface area contributed by atoms with E-state index in [1.54, 1.807) is 14.2 Å². The van der Waals surface area contributed by atoms with Gasteiger partial charge in [-0.15, -0.1) is 0 Å². The summed E-state index contributed by atoms with van der Waals surface area (Å²) in [5, 5.41) is 7.49. The Labute approximate surface area is 204 Å². The summed E-state index contributed by atoms with van der Waals surface area (Å²) in [6.07, 6.45) is 4.37. The number of carbonyl (C=O) groups is 1. The number of nitrogens with zero attached hydrogens (tertiary/aromatic N) is 1. The predicted octanol–water partition coefficient (Wildman–Crippen LogP) is 5.91. The highest BCUT2D eigenvalue weighted by Gasteiger charge is 2.33. The lowest BCUT2D eigenvalue weighted by molar-refractivity contribution is -0.116. The normalized spacial score (nSPS) is 19.7. The third-order valence-corrected chi connectivity index (χ3v) is 7.39. The van der Waals surface area contributed by atoms with Crippen molar-refractivity contribution in [3.8, 4) is 22.6 Å². The molecular formula is C30H28N2O3. The Bertz CT molecular complexity index is 1490. The van der Waals surface area contributed by atoms with Crippen molar-refractivity contribution in [2.24, 2.45) is 4.99 Å². The van der Waals surface area contributed by atoms with E-state index >= 15 is 0 Å². The van der Waals surface area contributed by atoms with Crippen LogP contribution in [-0.2, 0) is 4.79 Å². The van der Waals surface area contributed by atoms with Crippen LogP contribution in [0.25, 0.3) is 32.7 Å². The molecule has 0 bridgehead atoms. The average Bonchev–Trinajstić information content (AvgIpc) is 2.91. The fraction of sp³-hybridized carbons (Fsp3) is 0.267. The molecule has 1 N–H and O–H groups in total. The van der Waals surface area contributed by atoms with Gasteiger partial charge in [0.05, 0.1) is 26.3 Å². The molecule has 0 aromatic heterocycles. The van der Waals surface area contributed by atoms with E-state index in [1.807, 2.05) is 36.4 Å². The molecule has 0 radical (unpaired) electrons. The van der Waals surface area contributed by atoms with Crippen molar-refractivity contribution in [1.29, 1.82) is 0 Å². The molecule has 1 fully saturated rings. The third-order valence-electron chi connectivity index (χ3n) is 7.39. The number of rotatable bonds is 4. The van der Waals surface area contributed by atoms with Gasteiger partial charge in [0.25, 0.3) is 5.91 Å². The van der Waals surface area contributed by atoms with Crippen LogP contribution >= 0.6 is 0 Å². The zero-order chi connectivity index (χ0) is 23.9. The highest BCUT2D eigenvalue weighted by Crippen LogP contribution is 2.45. The smallest absolute Gasteiger partial charge is 0.270 e. The van der Waals surface area contributed by atoms with Crippen LogP contribution < -0.4 is 14.8 Å². The monoisotopic (exact) mass is 464 g/mol. The number of amides is 1. The number of aliphatic imine (C=N–C) groups is 1. The highest BCUT2D eigenvalue weighted by molar-refractivity contribution is 6.46. The van der Waals surface area contributed by atoms with Gasteiger partial charge in [-0.05, 0) is 52.6 Å². The van der Waals surface area contributed by atoms with Crippen LogP contribution in [0.5, 0.6) is 11.5 Å². The van der Waals surface area contributed by atoms with Gasteiger partial charge in [0.2, 0.25) is 0 Å². The second-order valence-electron chi connectivity index (χ2n) is 9.35. The molecule has 4 aromatic carbocycles.